The van der Waals surface area contributed by atoms with Gasteiger partial charge >= 0.3 is 5.97 Å². The lowest BCUT2D eigenvalue weighted by Gasteiger charge is -2.11. The monoisotopic (exact) mass is 462 g/mol. The van der Waals surface area contributed by atoms with Crippen molar-refractivity contribution in [2.24, 2.45) is 0 Å². The molecule has 0 N–H and O–H groups in total. The van der Waals surface area contributed by atoms with Crippen LogP contribution < -0.4 is 29.1 Å². The van der Waals surface area contributed by atoms with Gasteiger partial charge in [0.1, 0.15) is 40.1 Å². The third-order valence-electron chi connectivity index (χ3n) is 5.05. The summed E-state index contributed by atoms with van der Waals surface area (Å²) in [4.78, 5) is 25.7. The van der Waals surface area contributed by atoms with Crippen LogP contribution in [0.1, 0.15) is 16.1 Å². The van der Waals surface area contributed by atoms with Gasteiger partial charge in [-0.05, 0) is 43.3 Å². The second-order valence-electron chi connectivity index (χ2n) is 7.25. The van der Waals surface area contributed by atoms with Crippen molar-refractivity contribution < 1.29 is 32.9 Å². The zero-order chi connectivity index (χ0) is 24.2. The number of carbonyl (C=O) groups is 1. The summed E-state index contributed by atoms with van der Waals surface area (Å²) >= 11 is 0. The highest BCUT2D eigenvalue weighted by Crippen LogP contribution is 2.29. The van der Waals surface area contributed by atoms with Crippen molar-refractivity contribution in [1.82, 2.24) is 0 Å². The predicted molar refractivity (Wildman–Crippen MR) is 125 cm³/mol. The summed E-state index contributed by atoms with van der Waals surface area (Å²) in [5.74, 6) is 1.88. The Labute approximate surface area is 195 Å². The Hall–Kier alpha value is -4.46. The largest absolute Gasteiger partial charge is 0.497 e. The molecule has 0 atom stereocenters. The second kappa shape index (κ2) is 9.58. The molecule has 0 saturated heterocycles. The fourth-order valence-corrected chi connectivity index (χ4v) is 3.32. The van der Waals surface area contributed by atoms with E-state index in [4.69, 9.17) is 28.1 Å². The van der Waals surface area contributed by atoms with Crippen LogP contribution in [-0.2, 0) is 0 Å². The molecule has 0 radical (unpaired) electrons. The molecule has 0 fully saturated rings. The van der Waals surface area contributed by atoms with Crippen LogP contribution in [0.15, 0.2) is 69.9 Å². The fourth-order valence-electron chi connectivity index (χ4n) is 3.32. The quantitative estimate of drug-likeness (QED) is 0.275. The molecule has 0 aliphatic rings. The molecule has 0 spiro atoms. The minimum Gasteiger partial charge on any atom is -0.497 e. The van der Waals surface area contributed by atoms with Gasteiger partial charge in [0, 0.05) is 18.2 Å². The van der Waals surface area contributed by atoms with Crippen molar-refractivity contribution in [3.63, 3.8) is 0 Å². The van der Waals surface area contributed by atoms with Gasteiger partial charge in [-0.2, -0.15) is 0 Å². The van der Waals surface area contributed by atoms with Crippen LogP contribution in [0.3, 0.4) is 0 Å². The van der Waals surface area contributed by atoms with Crippen molar-refractivity contribution >= 4 is 16.9 Å². The van der Waals surface area contributed by atoms with Crippen molar-refractivity contribution in [2.75, 3.05) is 21.3 Å². The van der Waals surface area contributed by atoms with Gasteiger partial charge in [-0.1, -0.05) is 6.07 Å². The average molecular weight is 462 g/mol. The molecule has 4 aromatic rings. The number of hydrogen-bond acceptors (Lipinski definition) is 8. The summed E-state index contributed by atoms with van der Waals surface area (Å²) in [6.07, 6.45) is 0. The first-order chi connectivity index (χ1) is 16.4. The smallest absolute Gasteiger partial charge is 0.343 e. The molecule has 0 unspecified atom stereocenters. The highest BCUT2D eigenvalue weighted by molar-refractivity contribution is 5.92. The lowest BCUT2D eigenvalue weighted by atomic mass is 10.2. The fraction of sp³-hybridized carbons (Fsp3) is 0.154. The van der Waals surface area contributed by atoms with Gasteiger partial charge in [0.05, 0.1) is 32.3 Å². The molecule has 0 amide bonds. The number of fused-ring (bicyclic) bond motifs is 1. The van der Waals surface area contributed by atoms with E-state index >= 15 is 0 Å². The number of hydrogen-bond donors (Lipinski definition) is 0. The number of benzene rings is 3. The number of esters is 1. The standard InChI is InChI=1S/C26H22O8/c1-15-25(33-18-7-5-6-17(12-18)29-2)24(27)22-9-8-19(14-23(22)32-15)34-26(28)16-10-20(30-3)13-21(11-16)31-4/h5-14H,1-4H3. The number of aryl methyl sites for hydroxylation is 1. The Bertz CT molecular complexity index is 1400. The first-order valence-corrected chi connectivity index (χ1v) is 10.3. The Morgan fingerprint density at radius 2 is 1.41 bits per heavy atom. The SMILES string of the molecule is COc1cccc(Oc2c(C)oc3cc(OC(=O)c4cc(OC)cc(OC)c4)ccc3c2=O)c1. The number of ether oxygens (including phenoxy) is 5. The van der Waals surface area contributed by atoms with E-state index in [1.54, 1.807) is 56.5 Å². The van der Waals surface area contributed by atoms with E-state index in [1.807, 2.05) is 0 Å². The molecule has 8 nitrogen and oxygen atoms in total. The summed E-state index contributed by atoms with van der Waals surface area (Å²) in [5.41, 5.74) is 0.155. The van der Waals surface area contributed by atoms with Crippen LogP contribution >= 0.6 is 0 Å². The zero-order valence-electron chi connectivity index (χ0n) is 19.0. The molecule has 0 saturated carbocycles. The minimum atomic E-state index is -0.617. The topological polar surface area (TPSA) is 93.4 Å². The molecule has 1 heterocycles. The van der Waals surface area contributed by atoms with E-state index in [9.17, 15) is 9.59 Å². The first-order valence-electron chi connectivity index (χ1n) is 10.3. The van der Waals surface area contributed by atoms with E-state index in [-0.39, 0.29) is 39.2 Å². The van der Waals surface area contributed by atoms with Crippen LogP contribution in [0.2, 0.25) is 0 Å². The number of methoxy groups -OCH3 is 3. The molecule has 3 aromatic carbocycles. The van der Waals surface area contributed by atoms with Crippen molar-refractivity contribution in [2.45, 2.75) is 6.92 Å². The maximum absolute atomic E-state index is 13.1. The molecular weight excluding hydrogens is 440 g/mol. The third kappa shape index (κ3) is 4.66. The van der Waals surface area contributed by atoms with Crippen LogP contribution in [0.5, 0.6) is 34.5 Å². The van der Waals surface area contributed by atoms with Gasteiger partial charge in [0.25, 0.3) is 0 Å². The van der Waals surface area contributed by atoms with E-state index in [1.165, 1.54) is 32.4 Å². The van der Waals surface area contributed by atoms with Crippen LogP contribution in [0, 0.1) is 6.92 Å². The second-order valence-corrected chi connectivity index (χ2v) is 7.25. The Kier molecular flexibility index (Phi) is 6.40. The van der Waals surface area contributed by atoms with Crippen LogP contribution in [0.25, 0.3) is 11.0 Å². The van der Waals surface area contributed by atoms with Gasteiger partial charge in [-0.3, -0.25) is 4.79 Å². The molecule has 8 heteroatoms. The Morgan fingerprint density at radius 1 is 0.765 bits per heavy atom. The average Bonchev–Trinajstić information content (AvgIpc) is 2.86. The lowest BCUT2D eigenvalue weighted by Crippen LogP contribution is -2.10. The van der Waals surface area contributed by atoms with Gasteiger partial charge in [0.15, 0.2) is 0 Å². The first kappa shape index (κ1) is 22.7. The van der Waals surface area contributed by atoms with E-state index in [2.05, 4.69) is 0 Å². The summed E-state index contributed by atoms with van der Waals surface area (Å²) in [6, 6.07) is 16.1. The summed E-state index contributed by atoms with van der Waals surface area (Å²) in [7, 11) is 4.53. The Morgan fingerprint density at radius 3 is 2.09 bits per heavy atom. The summed E-state index contributed by atoms with van der Waals surface area (Å²) in [5, 5.41) is 0.284. The van der Waals surface area contributed by atoms with Gasteiger partial charge in [0.2, 0.25) is 11.2 Å². The lowest BCUT2D eigenvalue weighted by molar-refractivity contribution is 0.0734. The Balaban J connectivity index is 1.63. The molecule has 1 aromatic heterocycles. The molecule has 34 heavy (non-hydrogen) atoms. The van der Waals surface area contributed by atoms with Gasteiger partial charge in [-0.15, -0.1) is 0 Å². The van der Waals surface area contributed by atoms with Crippen molar-refractivity contribution in [3.05, 3.63) is 82.2 Å². The summed E-state index contributed by atoms with van der Waals surface area (Å²) < 4.78 is 32.7. The van der Waals surface area contributed by atoms with Gasteiger partial charge < -0.3 is 28.1 Å². The molecular formula is C26H22O8. The number of carbonyl (C=O) groups excluding carboxylic acids is 1. The van der Waals surface area contributed by atoms with Gasteiger partial charge in [-0.25, -0.2) is 4.79 Å². The van der Waals surface area contributed by atoms with E-state index in [0.29, 0.717) is 23.0 Å². The van der Waals surface area contributed by atoms with E-state index < -0.39 is 5.97 Å². The summed E-state index contributed by atoms with van der Waals surface area (Å²) in [6.45, 7) is 1.62. The van der Waals surface area contributed by atoms with Crippen LogP contribution in [0.4, 0.5) is 0 Å². The highest BCUT2D eigenvalue weighted by Gasteiger charge is 2.17. The maximum Gasteiger partial charge on any atom is 0.343 e. The van der Waals surface area contributed by atoms with E-state index in [0.717, 1.165) is 0 Å². The minimum absolute atomic E-state index is 0.0639. The molecule has 0 aliphatic heterocycles. The van der Waals surface area contributed by atoms with Crippen LogP contribution in [-0.4, -0.2) is 27.3 Å². The molecule has 4 rings (SSSR count). The molecule has 174 valence electrons. The van der Waals surface area contributed by atoms with Crippen molar-refractivity contribution in [3.8, 4) is 34.5 Å². The maximum atomic E-state index is 13.1. The third-order valence-corrected chi connectivity index (χ3v) is 5.05. The predicted octanol–water partition coefficient (Wildman–Crippen LogP) is 5.14. The molecule has 0 aliphatic carbocycles. The highest BCUT2D eigenvalue weighted by atomic mass is 16.5. The normalized spacial score (nSPS) is 10.6. The zero-order valence-corrected chi connectivity index (χ0v) is 19.0. The number of rotatable bonds is 7. The van der Waals surface area contributed by atoms with Crippen molar-refractivity contribution in [1.29, 1.82) is 0 Å². The molecule has 0 bridgehead atoms.